The van der Waals surface area contributed by atoms with Gasteiger partial charge >= 0.3 is 0 Å². The van der Waals surface area contributed by atoms with Crippen LogP contribution in [-0.2, 0) is 0 Å². The molecular weight excluding hydrogens is 263 g/mol. The Bertz CT molecular complexity index is 728. The smallest absolute Gasteiger partial charge is 0.123 e. The first kappa shape index (κ1) is 13.6. The van der Waals surface area contributed by atoms with Crippen LogP contribution in [0.25, 0.3) is 16.9 Å². The van der Waals surface area contributed by atoms with Crippen molar-refractivity contribution in [3.8, 4) is 16.9 Å². The first-order valence-corrected chi connectivity index (χ1v) is 7.06. The minimum atomic E-state index is -0.238. The summed E-state index contributed by atoms with van der Waals surface area (Å²) in [4.78, 5) is 0. The molecule has 0 spiro atoms. The van der Waals surface area contributed by atoms with Crippen LogP contribution < -0.4 is 0 Å². The van der Waals surface area contributed by atoms with E-state index in [1.807, 2.05) is 29.1 Å². The van der Waals surface area contributed by atoms with Crippen LogP contribution in [0.1, 0.15) is 25.3 Å². The second-order valence-corrected chi connectivity index (χ2v) is 5.37. The molecule has 1 aromatic heterocycles. The highest BCUT2D eigenvalue weighted by Crippen LogP contribution is 2.28. The Balaban J connectivity index is 2.11. The van der Waals surface area contributed by atoms with Gasteiger partial charge in [-0.3, -0.25) is 0 Å². The molecule has 0 radical (unpaired) electrons. The van der Waals surface area contributed by atoms with Crippen LogP contribution in [0.3, 0.4) is 0 Å². The molecule has 0 atom stereocenters. The van der Waals surface area contributed by atoms with Gasteiger partial charge in [0, 0.05) is 17.3 Å². The van der Waals surface area contributed by atoms with Gasteiger partial charge in [0.2, 0.25) is 0 Å². The maximum absolute atomic E-state index is 13.1. The van der Waals surface area contributed by atoms with Crippen LogP contribution in [0, 0.1) is 5.82 Å². The largest absolute Gasteiger partial charge is 0.240 e. The maximum Gasteiger partial charge on any atom is 0.123 e. The van der Waals surface area contributed by atoms with Crippen LogP contribution in [0.5, 0.6) is 0 Å². The van der Waals surface area contributed by atoms with E-state index < -0.39 is 0 Å². The van der Waals surface area contributed by atoms with E-state index in [4.69, 9.17) is 5.10 Å². The van der Waals surface area contributed by atoms with Crippen LogP contribution in [0.2, 0.25) is 0 Å². The third kappa shape index (κ3) is 2.72. The summed E-state index contributed by atoms with van der Waals surface area (Å²) < 4.78 is 14.9. The molecule has 2 aromatic carbocycles. The minimum Gasteiger partial charge on any atom is -0.240 e. The van der Waals surface area contributed by atoms with Crippen molar-refractivity contribution in [2.75, 3.05) is 0 Å². The summed E-state index contributed by atoms with van der Waals surface area (Å²) in [5.74, 6) is 0.132. The first-order chi connectivity index (χ1) is 10.1. The molecule has 21 heavy (non-hydrogen) atoms. The highest BCUT2D eigenvalue weighted by molar-refractivity contribution is 5.63. The van der Waals surface area contributed by atoms with E-state index in [0.29, 0.717) is 5.92 Å². The molecule has 3 rings (SSSR count). The molecule has 0 amide bonds. The van der Waals surface area contributed by atoms with Crippen LogP contribution in [0.4, 0.5) is 4.39 Å². The van der Waals surface area contributed by atoms with Crippen molar-refractivity contribution in [1.82, 2.24) is 9.78 Å². The first-order valence-electron chi connectivity index (χ1n) is 7.06. The van der Waals surface area contributed by atoms with Gasteiger partial charge in [0.05, 0.1) is 11.4 Å². The molecule has 0 bridgehead atoms. The molecule has 0 fully saturated rings. The summed E-state index contributed by atoms with van der Waals surface area (Å²) >= 11 is 0. The molecule has 106 valence electrons. The Labute approximate surface area is 123 Å². The molecule has 0 unspecified atom stereocenters. The SMILES string of the molecule is CC(C)c1cn(-c2ccc(F)cc2)nc1-c1ccccc1. The second-order valence-electron chi connectivity index (χ2n) is 5.37. The fourth-order valence-electron chi connectivity index (χ4n) is 2.36. The summed E-state index contributed by atoms with van der Waals surface area (Å²) in [7, 11) is 0. The van der Waals surface area contributed by atoms with E-state index in [1.165, 1.54) is 17.7 Å². The summed E-state index contributed by atoms with van der Waals surface area (Å²) in [6, 6.07) is 16.5. The Kier molecular flexibility index (Phi) is 3.57. The topological polar surface area (TPSA) is 17.8 Å². The predicted molar refractivity (Wildman–Crippen MR) is 83.0 cm³/mol. The average molecular weight is 280 g/mol. The number of rotatable bonds is 3. The Morgan fingerprint density at radius 3 is 2.24 bits per heavy atom. The number of benzene rings is 2. The fraction of sp³-hybridized carbons (Fsp3) is 0.167. The standard InChI is InChI=1S/C18H17FN2/c1-13(2)17-12-21(16-10-8-15(19)9-11-16)20-18(17)14-6-4-3-5-7-14/h3-13H,1-2H3. The predicted octanol–water partition coefficient (Wildman–Crippen LogP) is 4.80. The van der Waals surface area contributed by atoms with E-state index in [0.717, 1.165) is 16.9 Å². The highest BCUT2D eigenvalue weighted by atomic mass is 19.1. The summed E-state index contributed by atoms with van der Waals surface area (Å²) in [6.45, 7) is 4.30. The molecule has 0 aliphatic heterocycles. The molecule has 2 nitrogen and oxygen atoms in total. The third-order valence-electron chi connectivity index (χ3n) is 3.50. The van der Waals surface area contributed by atoms with Gasteiger partial charge in [0.1, 0.15) is 5.82 Å². The zero-order valence-electron chi connectivity index (χ0n) is 12.1. The van der Waals surface area contributed by atoms with Crippen molar-refractivity contribution in [3.05, 3.63) is 72.2 Å². The van der Waals surface area contributed by atoms with Crippen LogP contribution in [-0.4, -0.2) is 9.78 Å². The Morgan fingerprint density at radius 2 is 1.62 bits per heavy atom. The minimum absolute atomic E-state index is 0.238. The zero-order chi connectivity index (χ0) is 14.8. The van der Waals surface area contributed by atoms with Gasteiger partial charge in [0.15, 0.2) is 0 Å². The molecule has 1 heterocycles. The molecule has 0 aliphatic rings. The van der Waals surface area contributed by atoms with Gasteiger partial charge in [-0.2, -0.15) is 5.10 Å². The lowest BCUT2D eigenvalue weighted by Crippen LogP contribution is -1.94. The lowest BCUT2D eigenvalue weighted by molar-refractivity contribution is 0.627. The highest BCUT2D eigenvalue weighted by Gasteiger charge is 2.14. The van der Waals surface area contributed by atoms with Gasteiger partial charge in [0.25, 0.3) is 0 Å². The molecule has 0 saturated heterocycles. The van der Waals surface area contributed by atoms with Crippen LogP contribution in [0.15, 0.2) is 60.8 Å². The number of halogens is 1. The van der Waals surface area contributed by atoms with Crippen molar-refractivity contribution < 1.29 is 4.39 Å². The Morgan fingerprint density at radius 1 is 0.952 bits per heavy atom. The molecule has 3 aromatic rings. The Hall–Kier alpha value is -2.42. The van der Waals surface area contributed by atoms with Gasteiger partial charge in [-0.25, -0.2) is 9.07 Å². The molecule has 0 N–H and O–H groups in total. The van der Waals surface area contributed by atoms with E-state index in [1.54, 1.807) is 12.1 Å². The van der Waals surface area contributed by atoms with Gasteiger partial charge in [-0.1, -0.05) is 44.2 Å². The monoisotopic (exact) mass is 280 g/mol. The molecule has 0 aliphatic carbocycles. The van der Waals surface area contributed by atoms with E-state index in [2.05, 4.69) is 26.0 Å². The molecule has 0 saturated carbocycles. The van der Waals surface area contributed by atoms with Crippen LogP contribution >= 0.6 is 0 Å². The quantitative estimate of drug-likeness (QED) is 0.673. The zero-order valence-corrected chi connectivity index (χ0v) is 12.1. The number of hydrogen-bond acceptors (Lipinski definition) is 1. The summed E-state index contributed by atoms with van der Waals surface area (Å²) in [5, 5.41) is 4.70. The number of aromatic nitrogens is 2. The van der Waals surface area contributed by atoms with Gasteiger partial charge < -0.3 is 0 Å². The van der Waals surface area contributed by atoms with Gasteiger partial charge in [-0.15, -0.1) is 0 Å². The van der Waals surface area contributed by atoms with E-state index >= 15 is 0 Å². The molecular formula is C18H17FN2. The summed E-state index contributed by atoms with van der Waals surface area (Å²) in [6.07, 6.45) is 2.03. The van der Waals surface area contributed by atoms with Crippen molar-refractivity contribution in [2.45, 2.75) is 19.8 Å². The van der Waals surface area contributed by atoms with Crippen molar-refractivity contribution in [3.63, 3.8) is 0 Å². The van der Waals surface area contributed by atoms with E-state index in [9.17, 15) is 4.39 Å². The van der Waals surface area contributed by atoms with E-state index in [-0.39, 0.29) is 5.82 Å². The lowest BCUT2D eigenvalue weighted by atomic mass is 10.00. The maximum atomic E-state index is 13.1. The number of nitrogens with zero attached hydrogens (tertiary/aromatic N) is 2. The second kappa shape index (κ2) is 5.52. The third-order valence-corrected chi connectivity index (χ3v) is 3.50. The van der Waals surface area contributed by atoms with Crippen molar-refractivity contribution in [2.24, 2.45) is 0 Å². The number of hydrogen-bond donors (Lipinski definition) is 0. The molecule has 3 heteroatoms. The average Bonchev–Trinajstić information content (AvgIpc) is 2.94. The lowest BCUT2D eigenvalue weighted by Gasteiger charge is -2.04. The van der Waals surface area contributed by atoms with Gasteiger partial charge in [-0.05, 0) is 30.2 Å². The normalized spacial score (nSPS) is 11.0. The van der Waals surface area contributed by atoms with Crippen molar-refractivity contribution >= 4 is 0 Å². The van der Waals surface area contributed by atoms with Crippen molar-refractivity contribution in [1.29, 1.82) is 0 Å². The summed E-state index contributed by atoms with van der Waals surface area (Å²) in [5.41, 5.74) is 4.13. The fourth-order valence-corrected chi connectivity index (χ4v) is 2.36.